The number of ketones is 1. The molecule has 4 nitrogen and oxygen atoms in total. The Morgan fingerprint density at radius 2 is 1.64 bits per heavy atom. The van der Waals surface area contributed by atoms with Crippen LogP contribution < -0.4 is 4.90 Å². The van der Waals surface area contributed by atoms with Crippen LogP contribution in [0.15, 0.2) is 42.5 Å². The summed E-state index contributed by atoms with van der Waals surface area (Å²) in [4.78, 5) is 29.1. The number of rotatable bonds is 5. The number of piperazine rings is 1. The largest absolute Gasteiger partial charge is 0.367 e. The van der Waals surface area contributed by atoms with Gasteiger partial charge in [0.1, 0.15) is 0 Å². The minimum Gasteiger partial charge on any atom is -0.367 e. The van der Waals surface area contributed by atoms with Crippen LogP contribution in [0.4, 0.5) is 5.69 Å². The van der Waals surface area contributed by atoms with Crippen molar-refractivity contribution >= 4 is 29.0 Å². The van der Waals surface area contributed by atoms with E-state index in [4.69, 9.17) is 11.6 Å². The first kappa shape index (κ1) is 19.0. The standard InChI is InChI=1S/C23H25ClN2O2/c24-20-6-1-2-7-21(20)25-12-14-26(15-13-25)23(28)11-10-22(27)19-9-8-17-4-3-5-18(17)16-19/h1-2,6-9,16H,3-5,10-15H2. The first-order valence-electron chi connectivity index (χ1n) is 10.0. The number of fused-ring (bicyclic) bond motifs is 1. The van der Waals surface area contributed by atoms with Gasteiger partial charge >= 0.3 is 0 Å². The first-order chi connectivity index (χ1) is 13.6. The van der Waals surface area contributed by atoms with Crippen molar-refractivity contribution in [3.8, 4) is 0 Å². The molecule has 0 N–H and O–H groups in total. The van der Waals surface area contributed by atoms with Gasteiger partial charge in [-0.15, -0.1) is 0 Å². The highest BCUT2D eigenvalue weighted by molar-refractivity contribution is 6.33. The third kappa shape index (κ3) is 4.07. The number of hydrogen-bond acceptors (Lipinski definition) is 3. The fraction of sp³-hybridized carbons (Fsp3) is 0.391. The molecule has 1 heterocycles. The van der Waals surface area contributed by atoms with E-state index in [0.717, 1.165) is 42.2 Å². The van der Waals surface area contributed by atoms with Crippen molar-refractivity contribution in [3.05, 3.63) is 64.2 Å². The molecule has 0 spiro atoms. The number of Topliss-reactive ketones (excluding diaryl/α,β-unsaturated/α-hetero) is 1. The van der Waals surface area contributed by atoms with E-state index in [2.05, 4.69) is 11.0 Å². The van der Waals surface area contributed by atoms with Crippen LogP contribution in [0.5, 0.6) is 0 Å². The van der Waals surface area contributed by atoms with E-state index in [1.54, 1.807) is 0 Å². The summed E-state index contributed by atoms with van der Waals surface area (Å²) in [5, 5.41) is 0.738. The zero-order chi connectivity index (χ0) is 19.5. The first-order valence-corrected chi connectivity index (χ1v) is 10.4. The number of carbonyl (C=O) groups excluding carboxylic acids is 2. The summed E-state index contributed by atoms with van der Waals surface area (Å²) in [7, 11) is 0. The summed E-state index contributed by atoms with van der Waals surface area (Å²) in [5.41, 5.74) is 4.43. The lowest BCUT2D eigenvalue weighted by Crippen LogP contribution is -2.48. The maximum Gasteiger partial charge on any atom is 0.223 e. The van der Waals surface area contributed by atoms with Gasteiger partial charge in [0.2, 0.25) is 5.91 Å². The monoisotopic (exact) mass is 396 g/mol. The van der Waals surface area contributed by atoms with E-state index >= 15 is 0 Å². The molecule has 0 radical (unpaired) electrons. The fourth-order valence-corrected chi connectivity index (χ4v) is 4.43. The van der Waals surface area contributed by atoms with Crippen LogP contribution in [0.3, 0.4) is 0 Å². The zero-order valence-corrected chi connectivity index (χ0v) is 16.8. The normalized spacial score (nSPS) is 16.2. The highest BCUT2D eigenvalue weighted by atomic mass is 35.5. The Kier molecular flexibility index (Phi) is 5.67. The fourth-order valence-electron chi connectivity index (χ4n) is 4.17. The van der Waals surface area contributed by atoms with Crippen LogP contribution in [0.25, 0.3) is 0 Å². The summed E-state index contributed by atoms with van der Waals surface area (Å²) in [5.74, 6) is 0.131. The Morgan fingerprint density at radius 3 is 2.43 bits per heavy atom. The van der Waals surface area contributed by atoms with Crippen LogP contribution in [0.1, 0.15) is 40.7 Å². The highest BCUT2D eigenvalue weighted by Crippen LogP contribution is 2.26. The molecule has 5 heteroatoms. The Balaban J connectivity index is 1.28. The quantitative estimate of drug-likeness (QED) is 0.713. The molecule has 2 aromatic carbocycles. The molecule has 1 amide bonds. The van der Waals surface area contributed by atoms with Gasteiger partial charge in [-0.2, -0.15) is 0 Å². The van der Waals surface area contributed by atoms with E-state index < -0.39 is 0 Å². The van der Waals surface area contributed by atoms with E-state index in [0.29, 0.717) is 13.1 Å². The molecule has 1 saturated heterocycles. The van der Waals surface area contributed by atoms with Gasteiger partial charge in [0.25, 0.3) is 0 Å². The highest BCUT2D eigenvalue weighted by Gasteiger charge is 2.23. The summed E-state index contributed by atoms with van der Waals surface area (Å²) < 4.78 is 0. The third-order valence-corrected chi connectivity index (χ3v) is 6.13. The predicted octanol–water partition coefficient (Wildman–Crippen LogP) is 4.14. The summed E-state index contributed by atoms with van der Waals surface area (Å²) in [6.07, 6.45) is 3.91. The van der Waals surface area contributed by atoms with Crippen LogP contribution in [-0.4, -0.2) is 42.8 Å². The molecule has 2 aromatic rings. The van der Waals surface area contributed by atoms with Gasteiger partial charge < -0.3 is 9.80 Å². The molecule has 0 atom stereocenters. The average Bonchev–Trinajstić information content (AvgIpc) is 3.20. The number of amides is 1. The van der Waals surface area contributed by atoms with Gasteiger partial charge in [0, 0.05) is 44.6 Å². The topological polar surface area (TPSA) is 40.6 Å². The van der Waals surface area contributed by atoms with Crippen LogP contribution in [-0.2, 0) is 17.6 Å². The van der Waals surface area contributed by atoms with Crippen molar-refractivity contribution in [1.29, 1.82) is 0 Å². The zero-order valence-electron chi connectivity index (χ0n) is 16.0. The molecule has 0 aromatic heterocycles. The van der Waals surface area contributed by atoms with Gasteiger partial charge in [-0.25, -0.2) is 0 Å². The molecule has 0 saturated carbocycles. The number of para-hydroxylation sites is 1. The lowest BCUT2D eigenvalue weighted by atomic mass is 10.0. The minimum atomic E-state index is 0.0633. The van der Waals surface area contributed by atoms with Crippen LogP contribution >= 0.6 is 11.6 Å². The van der Waals surface area contributed by atoms with E-state index in [1.165, 1.54) is 17.5 Å². The van der Waals surface area contributed by atoms with Gasteiger partial charge in [0.05, 0.1) is 10.7 Å². The van der Waals surface area contributed by atoms with Crippen LogP contribution in [0, 0.1) is 0 Å². The molecule has 2 aliphatic rings. The second-order valence-electron chi connectivity index (χ2n) is 7.58. The molecule has 0 bridgehead atoms. The number of aryl methyl sites for hydroxylation is 2. The average molecular weight is 397 g/mol. The summed E-state index contributed by atoms with van der Waals surface area (Å²) in [6.45, 7) is 2.84. The molecule has 4 rings (SSSR count). The number of anilines is 1. The lowest BCUT2D eigenvalue weighted by Gasteiger charge is -2.36. The van der Waals surface area contributed by atoms with Crippen LogP contribution in [0.2, 0.25) is 5.02 Å². The third-order valence-electron chi connectivity index (χ3n) is 5.81. The maximum absolute atomic E-state index is 12.6. The minimum absolute atomic E-state index is 0.0633. The summed E-state index contributed by atoms with van der Waals surface area (Å²) in [6, 6.07) is 13.8. The number of nitrogens with zero attached hydrogens (tertiary/aromatic N) is 2. The molecule has 146 valence electrons. The number of benzene rings is 2. The number of halogens is 1. The molecular formula is C23H25ClN2O2. The smallest absolute Gasteiger partial charge is 0.223 e. The molecule has 1 aliphatic carbocycles. The lowest BCUT2D eigenvalue weighted by molar-refractivity contribution is -0.131. The van der Waals surface area contributed by atoms with Gasteiger partial charge in [-0.3, -0.25) is 9.59 Å². The molecule has 1 fully saturated rings. The van der Waals surface area contributed by atoms with Crippen molar-refractivity contribution in [2.24, 2.45) is 0 Å². The SMILES string of the molecule is O=C(CCC(=O)N1CCN(c2ccccc2Cl)CC1)c1ccc2c(c1)CCC2. The van der Waals surface area contributed by atoms with Gasteiger partial charge in [-0.05, 0) is 48.6 Å². The Labute approximate surface area is 171 Å². The number of hydrogen-bond donors (Lipinski definition) is 0. The maximum atomic E-state index is 12.6. The van der Waals surface area contributed by atoms with Crippen molar-refractivity contribution in [1.82, 2.24) is 4.90 Å². The van der Waals surface area contributed by atoms with Crippen molar-refractivity contribution < 1.29 is 9.59 Å². The van der Waals surface area contributed by atoms with Crippen molar-refractivity contribution in [2.75, 3.05) is 31.1 Å². The number of carbonyl (C=O) groups is 2. The summed E-state index contributed by atoms with van der Waals surface area (Å²) >= 11 is 6.27. The van der Waals surface area contributed by atoms with Gasteiger partial charge in [0.15, 0.2) is 5.78 Å². The Bertz CT molecular complexity index is 888. The molecule has 28 heavy (non-hydrogen) atoms. The molecule has 0 unspecified atom stereocenters. The van der Waals surface area contributed by atoms with Crippen molar-refractivity contribution in [3.63, 3.8) is 0 Å². The second kappa shape index (κ2) is 8.36. The van der Waals surface area contributed by atoms with E-state index in [9.17, 15) is 9.59 Å². The predicted molar refractivity (Wildman–Crippen MR) is 112 cm³/mol. The molecular weight excluding hydrogens is 372 g/mol. The van der Waals surface area contributed by atoms with E-state index in [1.807, 2.05) is 41.3 Å². The molecule has 1 aliphatic heterocycles. The Hall–Kier alpha value is -2.33. The van der Waals surface area contributed by atoms with Crippen molar-refractivity contribution in [2.45, 2.75) is 32.1 Å². The van der Waals surface area contributed by atoms with Gasteiger partial charge in [-0.1, -0.05) is 35.9 Å². The second-order valence-corrected chi connectivity index (χ2v) is 7.99. The Morgan fingerprint density at radius 1 is 0.893 bits per heavy atom. The van der Waals surface area contributed by atoms with E-state index in [-0.39, 0.29) is 24.5 Å².